The van der Waals surface area contributed by atoms with Crippen LogP contribution in [0.4, 0.5) is 0 Å². The van der Waals surface area contributed by atoms with E-state index in [4.69, 9.17) is 19.4 Å². The summed E-state index contributed by atoms with van der Waals surface area (Å²) >= 11 is -1.86. The van der Waals surface area contributed by atoms with Gasteiger partial charge in [-0.15, -0.1) is 0 Å². The zero-order valence-corrected chi connectivity index (χ0v) is 17.1. The van der Waals surface area contributed by atoms with Crippen molar-refractivity contribution in [3.05, 3.63) is 30.9 Å². The van der Waals surface area contributed by atoms with Crippen LogP contribution in [0, 0.1) is 7.11 Å². The molecule has 5 heteroatoms. The topological polar surface area (TPSA) is 2.70 Å². The Balaban J connectivity index is 3.38. The third-order valence-electron chi connectivity index (χ3n) is 3.71. The number of halogens is 2. The molecule has 0 amide bonds. The third kappa shape index (κ3) is 4.66. The van der Waals surface area contributed by atoms with Crippen LogP contribution in [-0.4, -0.2) is 18.8 Å². The average molecular weight is 420 g/mol. The summed E-state index contributed by atoms with van der Waals surface area (Å²) in [6.45, 7) is 11.2. The number of rotatable bonds is 5. The number of benzene rings is 1. The van der Waals surface area contributed by atoms with Crippen molar-refractivity contribution in [2.24, 2.45) is 0 Å². The van der Waals surface area contributed by atoms with Gasteiger partial charge in [-0.1, -0.05) is 0 Å². The fraction of sp³-hybridized carbons (Fsp3) is 0.467. The minimum absolute atomic E-state index is 0.260. The third-order valence-corrected chi connectivity index (χ3v) is 9.19. The van der Waals surface area contributed by atoms with E-state index in [0.717, 1.165) is 11.3 Å². The monoisotopic (exact) mass is 420 g/mol. The molecule has 0 radical (unpaired) electrons. The Labute approximate surface area is 137 Å². The van der Waals surface area contributed by atoms with Gasteiger partial charge in [0, 0.05) is 0 Å². The van der Waals surface area contributed by atoms with Crippen molar-refractivity contribution in [1.82, 2.24) is 0 Å². The molecule has 1 rings (SSSR count). The Hall–Kier alpha value is 0.310. The van der Waals surface area contributed by atoms with Crippen LogP contribution >= 0.6 is 19.4 Å². The Morgan fingerprint density at radius 3 is 2.40 bits per heavy atom. The summed E-state index contributed by atoms with van der Waals surface area (Å²) in [5, 5.41) is 1.44. The van der Waals surface area contributed by atoms with E-state index in [9.17, 15) is 0 Å². The molecule has 0 aliphatic heterocycles. The van der Waals surface area contributed by atoms with Crippen LogP contribution in [0.1, 0.15) is 26.3 Å². The molecule has 0 fully saturated rings. The molecular weight excluding hydrogens is 396 g/mol. The fourth-order valence-corrected chi connectivity index (χ4v) is 5.10. The second kappa shape index (κ2) is 7.54. The molecule has 0 saturated heterocycles. The molecule has 1 nitrogen and oxygen atoms in total. The van der Waals surface area contributed by atoms with Crippen LogP contribution in [0.5, 0.6) is 5.75 Å². The zero-order chi connectivity index (χ0) is 15.5. The second-order valence-corrected chi connectivity index (χ2v) is 16.6. The molecule has 20 heavy (non-hydrogen) atoms. The van der Waals surface area contributed by atoms with Crippen LogP contribution in [0.25, 0.3) is 0 Å². The first-order valence-corrected chi connectivity index (χ1v) is 15.4. The molecule has 0 heterocycles. The molecule has 0 atom stereocenters. The van der Waals surface area contributed by atoms with Crippen molar-refractivity contribution in [3.63, 3.8) is 0 Å². The van der Waals surface area contributed by atoms with E-state index in [2.05, 4.69) is 63.5 Å². The summed E-state index contributed by atoms with van der Waals surface area (Å²) in [6, 6.07) is 7.84. The fourth-order valence-electron chi connectivity index (χ4n) is 1.83. The van der Waals surface area contributed by atoms with Gasteiger partial charge in [-0.2, -0.15) is 0 Å². The average Bonchev–Trinajstić information content (AvgIpc) is 2.37. The standard InChI is InChI=1S/C15H24OSi.2ClH.Ru/c1-8-17(6,7)14-9-10-15(13(4)11-14)16(5)12(2)3;;;/h4,9-12H,5,8H2,1-3,6-7H3;2*1H;/q;;;+2/p-2. The van der Waals surface area contributed by atoms with Gasteiger partial charge >= 0.3 is 138 Å². The molecule has 0 aromatic heterocycles. The zero-order valence-electron chi connectivity index (χ0n) is 12.8. The summed E-state index contributed by atoms with van der Waals surface area (Å²) in [7, 11) is 14.9. The molecule has 116 valence electrons. The molecular formula is C15H24Cl2ORuSi. The van der Waals surface area contributed by atoms with E-state index >= 15 is 0 Å². The van der Waals surface area contributed by atoms with Gasteiger partial charge in [0.2, 0.25) is 0 Å². The van der Waals surface area contributed by atoms with E-state index in [0.29, 0.717) is 0 Å². The van der Waals surface area contributed by atoms with Crippen LogP contribution in [0.2, 0.25) is 19.1 Å². The number of hydrogen-bond acceptors (Lipinski definition) is 0. The van der Waals surface area contributed by atoms with Crippen molar-refractivity contribution in [3.8, 4) is 5.75 Å². The summed E-state index contributed by atoms with van der Waals surface area (Å²) in [6.07, 6.45) is 0.260. The molecule has 0 bridgehead atoms. The molecule has 0 spiro atoms. The normalized spacial score (nSPS) is 12.6. The summed E-state index contributed by atoms with van der Waals surface area (Å²) in [5.74, 6) is 1.03. The van der Waals surface area contributed by atoms with Gasteiger partial charge in [-0.05, 0) is 0 Å². The Morgan fingerprint density at radius 2 is 1.95 bits per heavy atom. The van der Waals surface area contributed by atoms with E-state index in [1.807, 2.05) is 4.61 Å². The Morgan fingerprint density at radius 1 is 1.35 bits per heavy atom. The van der Waals surface area contributed by atoms with Gasteiger partial charge in [0.25, 0.3) is 0 Å². The SMILES string of the molecule is [CH2-][O+](c1ccc([Si](C)(C)CC)cc1[CH]=[Ru]([Cl])[Cl])C(C)C. The predicted octanol–water partition coefficient (Wildman–Crippen LogP) is 5.16. The van der Waals surface area contributed by atoms with E-state index < -0.39 is 21.6 Å². The molecule has 1 aromatic rings. The summed E-state index contributed by atoms with van der Waals surface area (Å²) in [5.41, 5.74) is 1.11. The van der Waals surface area contributed by atoms with Crippen LogP contribution in [0.15, 0.2) is 18.2 Å². The van der Waals surface area contributed by atoms with Gasteiger partial charge in [-0.25, -0.2) is 0 Å². The van der Waals surface area contributed by atoms with Crippen molar-refractivity contribution in [2.45, 2.75) is 46.0 Å². The van der Waals surface area contributed by atoms with Crippen molar-refractivity contribution in [1.29, 1.82) is 0 Å². The van der Waals surface area contributed by atoms with E-state index in [1.54, 1.807) is 0 Å². The van der Waals surface area contributed by atoms with Crippen LogP contribution < -0.4 is 5.19 Å². The van der Waals surface area contributed by atoms with Crippen LogP contribution in [0.3, 0.4) is 0 Å². The first-order valence-electron chi connectivity index (χ1n) is 6.69. The predicted molar refractivity (Wildman–Crippen MR) is 91.9 cm³/mol. The first-order chi connectivity index (χ1) is 9.19. The maximum absolute atomic E-state index is 6.09. The summed E-state index contributed by atoms with van der Waals surface area (Å²) < 4.78 is 4.92. The van der Waals surface area contributed by atoms with Gasteiger partial charge < -0.3 is 0 Å². The van der Waals surface area contributed by atoms with Crippen molar-refractivity contribution < 1.29 is 17.9 Å². The van der Waals surface area contributed by atoms with Crippen molar-refractivity contribution in [2.75, 3.05) is 0 Å². The van der Waals surface area contributed by atoms with Gasteiger partial charge in [0.1, 0.15) is 0 Å². The molecule has 1 aromatic carbocycles. The Kier molecular flexibility index (Phi) is 6.92. The van der Waals surface area contributed by atoms with Gasteiger partial charge in [0.05, 0.1) is 0 Å². The molecule has 0 N–H and O–H groups in total. The van der Waals surface area contributed by atoms with E-state index in [1.165, 1.54) is 11.2 Å². The van der Waals surface area contributed by atoms with Crippen molar-refractivity contribution >= 4 is 37.3 Å². The maximum atomic E-state index is 6.09. The quantitative estimate of drug-likeness (QED) is 0.352. The summed E-state index contributed by atoms with van der Waals surface area (Å²) in [4.78, 5) is 0. The van der Waals surface area contributed by atoms with Gasteiger partial charge in [-0.3, -0.25) is 0 Å². The van der Waals surface area contributed by atoms with Gasteiger partial charge in [0.15, 0.2) is 0 Å². The van der Waals surface area contributed by atoms with E-state index in [-0.39, 0.29) is 6.10 Å². The second-order valence-electron chi connectivity index (χ2n) is 5.77. The molecule has 0 unspecified atom stereocenters. The number of hydrogen-bond donors (Lipinski definition) is 0. The molecule has 0 aliphatic carbocycles. The molecule has 0 aliphatic rings. The minimum atomic E-state index is -1.86. The van der Waals surface area contributed by atoms with Crippen LogP contribution in [-0.2, 0) is 17.9 Å². The Bertz CT molecular complexity index is 497. The molecule has 0 saturated carbocycles. The first kappa shape index (κ1) is 18.4.